The molecule has 2 nitrogen and oxygen atoms in total. The van der Waals surface area contributed by atoms with Crippen molar-refractivity contribution in [1.82, 2.24) is 4.98 Å². The van der Waals surface area contributed by atoms with Gasteiger partial charge in [-0.1, -0.05) is 24.3 Å². The predicted octanol–water partition coefficient (Wildman–Crippen LogP) is 2.92. The van der Waals surface area contributed by atoms with E-state index in [1.165, 1.54) is 4.88 Å². The Hall–Kier alpha value is -1.19. The zero-order chi connectivity index (χ0) is 10.8. The largest absolute Gasteiger partial charge is 0.392 e. The summed E-state index contributed by atoms with van der Waals surface area (Å²) in [6, 6.07) is 7.85. The van der Waals surface area contributed by atoms with Crippen LogP contribution in [0, 0.1) is 13.8 Å². The van der Waals surface area contributed by atoms with Gasteiger partial charge in [0, 0.05) is 10.4 Å². The molecule has 1 aromatic heterocycles. The van der Waals surface area contributed by atoms with Crippen molar-refractivity contribution in [3.05, 3.63) is 39.7 Å². The van der Waals surface area contributed by atoms with E-state index < -0.39 is 0 Å². The topological polar surface area (TPSA) is 33.1 Å². The third-order valence-electron chi connectivity index (χ3n) is 2.35. The lowest BCUT2D eigenvalue weighted by Gasteiger charge is -2.04. The van der Waals surface area contributed by atoms with Gasteiger partial charge in [0.15, 0.2) is 0 Å². The fourth-order valence-corrected chi connectivity index (χ4v) is 2.50. The van der Waals surface area contributed by atoms with Gasteiger partial charge in [-0.2, -0.15) is 0 Å². The smallest absolute Gasteiger partial charge is 0.0904 e. The van der Waals surface area contributed by atoms with Crippen LogP contribution < -0.4 is 0 Å². The maximum Gasteiger partial charge on any atom is 0.0904 e. The summed E-state index contributed by atoms with van der Waals surface area (Å²) in [7, 11) is 0. The number of benzene rings is 1. The Kier molecular flexibility index (Phi) is 2.84. The lowest BCUT2D eigenvalue weighted by Crippen LogP contribution is -1.90. The molecule has 0 amide bonds. The average Bonchev–Trinajstić information content (AvgIpc) is 2.57. The van der Waals surface area contributed by atoms with Gasteiger partial charge in [-0.15, -0.1) is 11.3 Å². The van der Waals surface area contributed by atoms with Crippen LogP contribution in [0.1, 0.15) is 15.4 Å². The average molecular weight is 219 g/mol. The first kappa shape index (κ1) is 10.3. The molecule has 15 heavy (non-hydrogen) atoms. The predicted molar refractivity (Wildman–Crippen MR) is 62.9 cm³/mol. The molecule has 0 aliphatic heterocycles. The second kappa shape index (κ2) is 4.13. The van der Waals surface area contributed by atoms with Crippen LogP contribution >= 0.6 is 11.3 Å². The summed E-state index contributed by atoms with van der Waals surface area (Å²) in [6.45, 7) is 4.13. The van der Waals surface area contributed by atoms with Crippen LogP contribution in [0.15, 0.2) is 24.3 Å². The van der Waals surface area contributed by atoms with Crippen LogP contribution in [0.2, 0.25) is 0 Å². The summed E-state index contributed by atoms with van der Waals surface area (Å²) < 4.78 is 0. The molecule has 0 unspecified atom stereocenters. The van der Waals surface area contributed by atoms with Crippen LogP contribution in [-0.2, 0) is 6.61 Å². The Balaban J connectivity index is 2.58. The van der Waals surface area contributed by atoms with Gasteiger partial charge in [-0.05, 0) is 19.4 Å². The summed E-state index contributed by atoms with van der Waals surface area (Å²) in [4.78, 5) is 5.70. The molecule has 1 N–H and O–H groups in total. The summed E-state index contributed by atoms with van der Waals surface area (Å²) in [6.07, 6.45) is 0. The highest BCUT2D eigenvalue weighted by Crippen LogP contribution is 2.29. The maximum absolute atomic E-state index is 9.25. The second-order valence-corrected chi connectivity index (χ2v) is 4.86. The first-order chi connectivity index (χ1) is 7.22. The second-order valence-electron chi connectivity index (χ2n) is 3.45. The highest BCUT2D eigenvalue weighted by molar-refractivity contribution is 7.11. The van der Waals surface area contributed by atoms with Gasteiger partial charge in [0.2, 0.25) is 0 Å². The standard InChI is InChI=1S/C12H13NOS/c1-8-12(13-9(2)15-8)11-6-4-3-5-10(11)7-14/h3-6,14H,7H2,1-2H3. The molecule has 3 heteroatoms. The Morgan fingerprint density at radius 1 is 1.27 bits per heavy atom. The van der Waals surface area contributed by atoms with Crippen molar-refractivity contribution in [3.8, 4) is 11.3 Å². The first-order valence-electron chi connectivity index (χ1n) is 4.85. The minimum Gasteiger partial charge on any atom is -0.392 e. The minimum atomic E-state index is 0.0617. The number of aromatic nitrogens is 1. The van der Waals surface area contributed by atoms with E-state index >= 15 is 0 Å². The molecule has 0 fully saturated rings. The molecule has 0 aliphatic rings. The van der Waals surface area contributed by atoms with Crippen molar-refractivity contribution in [2.45, 2.75) is 20.5 Å². The molecule has 1 heterocycles. The Morgan fingerprint density at radius 3 is 2.60 bits per heavy atom. The third kappa shape index (κ3) is 1.94. The summed E-state index contributed by atoms with van der Waals surface area (Å²) in [5.41, 5.74) is 2.98. The lowest BCUT2D eigenvalue weighted by atomic mass is 10.0. The van der Waals surface area contributed by atoms with Crippen LogP contribution in [0.25, 0.3) is 11.3 Å². The molecule has 2 aromatic rings. The number of thiazole rings is 1. The van der Waals surface area contributed by atoms with E-state index in [0.29, 0.717) is 0 Å². The van der Waals surface area contributed by atoms with Crippen molar-refractivity contribution in [2.75, 3.05) is 0 Å². The summed E-state index contributed by atoms with van der Waals surface area (Å²) in [5.74, 6) is 0. The quantitative estimate of drug-likeness (QED) is 0.842. The van der Waals surface area contributed by atoms with Crippen LogP contribution in [0.3, 0.4) is 0 Å². The van der Waals surface area contributed by atoms with Gasteiger partial charge in [-0.25, -0.2) is 4.98 Å². The highest BCUT2D eigenvalue weighted by Gasteiger charge is 2.10. The number of aliphatic hydroxyl groups excluding tert-OH is 1. The normalized spacial score (nSPS) is 10.6. The highest BCUT2D eigenvalue weighted by atomic mass is 32.1. The van der Waals surface area contributed by atoms with Gasteiger partial charge in [0.25, 0.3) is 0 Å². The molecule has 0 bridgehead atoms. The molecule has 0 radical (unpaired) electrons. The number of rotatable bonds is 2. The third-order valence-corrected chi connectivity index (χ3v) is 3.23. The molecule has 78 valence electrons. The zero-order valence-electron chi connectivity index (χ0n) is 8.82. The minimum absolute atomic E-state index is 0.0617. The molecule has 0 spiro atoms. The summed E-state index contributed by atoms with van der Waals surface area (Å²) in [5, 5.41) is 10.3. The Labute approximate surface area is 93.2 Å². The van der Waals surface area contributed by atoms with Gasteiger partial charge in [0.05, 0.1) is 17.3 Å². The first-order valence-corrected chi connectivity index (χ1v) is 5.67. The number of aliphatic hydroxyl groups is 1. The van der Waals surface area contributed by atoms with Crippen molar-refractivity contribution in [3.63, 3.8) is 0 Å². The van der Waals surface area contributed by atoms with E-state index in [9.17, 15) is 5.11 Å². The summed E-state index contributed by atoms with van der Waals surface area (Å²) >= 11 is 1.69. The Morgan fingerprint density at radius 2 is 2.00 bits per heavy atom. The molecule has 1 aromatic carbocycles. The fourth-order valence-electron chi connectivity index (χ4n) is 1.67. The number of aryl methyl sites for hydroxylation is 2. The number of hydrogen-bond donors (Lipinski definition) is 1. The van der Waals surface area contributed by atoms with E-state index in [2.05, 4.69) is 11.9 Å². The molecule has 0 aliphatic carbocycles. The van der Waals surface area contributed by atoms with E-state index in [1.807, 2.05) is 31.2 Å². The molecular formula is C12H13NOS. The molecule has 2 rings (SSSR count). The van der Waals surface area contributed by atoms with Crippen molar-refractivity contribution in [2.24, 2.45) is 0 Å². The lowest BCUT2D eigenvalue weighted by molar-refractivity contribution is 0.282. The van der Waals surface area contributed by atoms with Gasteiger partial charge in [0.1, 0.15) is 0 Å². The fraction of sp³-hybridized carbons (Fsp3) is 0.250. The molecule has 0 atom stereocenters. The van der Waals surface area contributed by atoms with Gasteiger partial charge < -0.3 is 5.11 Å². The van der Waals surface area contributed by atoms with Crippen LogP contribution in [0.5, 0.6) is 0 Å². The zero-order valence-corrected chi connectivity index (χ0v) is 9.64. The van der Waals surface area contributed by atoms with E-state index in [4.69, 9.17) is 0 Å². The van der Waals surface area contributed by atoms with Crippen LogP contribution in [-0.4, -0.2) is 10.1 Å². The van der Waals surface area contributed by atoms with Crippen LogP contribution in [0.4, 0.5) is 0 Å². The van der Waals surface area contributed by atoms with Crippen molar-refractivity contribution < 1.29 is 5.11 Å². The molecular weight excluding hydrogens is 206 g/mol. The SMILES string of the molecule is Cc1nc(-c2ccccc2CO)c(C)s1. The molecule has 0 saturated heterocycles. The van der Waals surface area contributed by atoms with E-state index in [0.717, 1.165) is 21.8 Å². The Bertz CT molecular complexity index is 476. The maximum atomic E-state index is 9.25. The molecule has 0 saturated carbocycles. The van der Waals surface area contributed by atoms with E-state index in [-0.39, 0.29) is 6.61 Å². The van der Waals surface area contributed by atoms with Gasteiger partial charge in [-0.3, -0.25) is 0 Å². The van der Waals surface area contributed by atoms with Crippen molar-refractivity contribution in [1.29, 1.82) is 0 Å². The van der Waals surface area contributed by atoms with E-state index in [1.54, 1.807) is 11.3 Å². The van der Waals surface area contributed by atoms with Crippen molar-refractivity contribution >= 4 is 11.3 Å². The van der Waals surface area contributed by atoms with Gasteiger partial charge >= 0.3 is 0 Å². The monoisotopic (exact) mass is 219 g/mol. The number of hydrogen-bond acceptors (Lipinski definition) is 3. The number of nitrogens with zero attached hydrogens (tertiary/aromatic N) is 1.